The van der Waals surface area contributed by atoms with Crippen LogP contribution in [0.15, 0.2) is 30.3 Å². The van der Waals surface area contributed by atoms with Crippen LogP contribution in [0.3, 0.4) is 0 Å². The average Bonchev–Trinajstić information content (AvgIpc) is 2.97. The summed E-state index contributed by atoms with van der Waals surface area (Å²) in [6.07, 6.45) is 6.52. The number of halogens is 1. The third-order valence-electron chi connectivity index (χ3n) is 3.81. The van der Waals surface area contributed by atoms with Gasteiger partial charge in [0, 0.05) is 25.0 Å². The third kappa shape index (κ3) is 5.04. The van der Waals surface area contributed by atoms with Gasteiger partial charge in [0.1, 0.15) is 5.75 Å². The Morgan fingerprint density at radius 3 is 2.53 bits per heavy atom. The highest BCUT2D eigenvalue weighted by Gasteiger charge is 2.21. The molecule has 0 heterocycles. The Balaban J connectivity index is 1.67. The molecule has 1 saturated carbocycles. The summed E-state index contributed by atoms with van der Waals surface area (Å²) in [7, 11) is 0. The minimum Gasteiger partial charge on any atom is -0.494 e. The van der Waals surface area contributed by atoms with Crippen molar-refractivity contribution in [1.82, 2.24) is 4.90 Å². The lowest BCUT2D eigenvalue weighted by Crippen LogP contribution is -2.36. The number of ether oxygens (including phenoxy) is 1. The molecule has 2 nitrogen and oxygen atoms in total. The Labute approximate surface area is 121 Å². The van der Waals surface area contributed by atoms with Crippen LogP contribution in [0.25, 0.3) is 0 Å². The van der Waals surface area contributed by atoms with Gasteiger partial charge in [-0.25, -0.2) is 0 Å². The van der Waals surface area contributed by atoms with Gasteiger partial charge in [-0.3, -0.25) is 4.90 Å². The first-order valence-corrected chi connectivity index (χ1v) is 7.91. The van der Waals surface area contributed by atoms with E-state index in [1.54, 1.807) is 0 Å². The van der Waals surface area contributed by atoms with Crippen LogP contribution in [-0.4, -0.2) is 36.5 Å². The standard InChI is InChI=1S/C16H24ClNO/c17-11-13-18(15-7-4-5-8-15)12-6-14-19-16-9-2-1-3-10-16/h1-3,9-10,15H,4-8,11-14H2. The summed E-state index contributed by atoms with van der Waals surface area (Å²) in [5.74, 6) is 1.70. The van der Waals surface area contributed by atoms with Gasteiger partial charge in [-0.15, -0.1) is 11.6 Å². The monoisotopic (exact) mass is 281 g/mol. The lowest BCUT2D eigenvalue weighted by atomic mass is 10.2. The van der Waals surface area contributed by atoms with Crippen LogP contribution in [0.2, 0.25) is 0 Å². The Morgan fingerprint density at radius 1 is 1.11 bits per heavy atom. The zero-order valence-electron chi connectivity index (χ0n) is 11.6. The smallest absolute Gasteiger partial charge is 0.119 e. The van der Waals surface area contributed by atoms with E-state index in [4.69, 9.17) is 16.3 Å². The van der Waals surface area contributed by atoms with E-state index in [0.29, 0.717) is 0 Å². The van der Waals surface area contributed by atoms with E-state index >= 15 is 0 Å². The maximum Gasteiger partial charge on any atom is 0.119 e. The molecule has 1 aromatic carbocycles. The number of benzene rings is 1. The van der Waals surface area contributed by atoms with Crippen LogP contribution in [0.1, 0.15) is 32.1 Å². The first-order chi connectivity index (χ1) is 9.40. The van der Waals surface area contributed by atoms with Crippen LogP contribution in [0.4, 0.5) is 0 Å². The fourth-order valence-corrected chi connectivity index (χ4v) is 3.05. The molecule has 2 rings (SSSR count). The molecule has 0 bridgehead atoms. The molecule has 0 atom stereocenters. The van der Waals surface area contributed by atoms with Crippen molar-refractivity contribution in [2.24, 2.45) is 0 Å². The highest BCUT2D eigenvalue weighted by Crippen LogP contribution is 2.23. The third-order valence-corrected chi connectivity index (χ3v) is 3.98. The van der Waals surface area contributed by atoms with Crippen LogP contribution in [0.5, 0.6) is 5.75 Å². The van der Waals surface area contributed by atoms with Crippen LogP contribution < -0.4 is 4.74 Å². The zero-order valence-corrected chi connectivity index (χ0v) is 12.3. The highest BCUT2D eigenvalue weighted by atomic mass is 35.5. The van der Waals surface area contributed by atoms with E-state index in [0.717, 1.165) is 43.8 Å². The van der Waals surface area contributed by atoms with E-state index in [2.05, 4.69) is 4.90 Å². The summed E-state index contributed by atoms with van der Waals surface area (Å²) in [4.78, 5) is 2.55. The predicted molar refractivity (Wildman–Crippen MR) is 81.1 cm³/mol. The van der Waals surface area contributed by atoms with Crippen LogP contribution in [0, 0.1) is 0 Å². The normalized spacial score (nSPS) is 16.1. The van der Waals surface area contributed by atoms with E-state index in [1.807, 2.05) is 30.3 Å². The van der Waals surface area contributed by atoms with Gasteiger partial charge < -0.3 is 4.74 Å². The predicted octanol–water partition coefficient (Wildman–Crippen LogP) is 3.94. The van der Waals surface area contributed by atoms with Crippen molar-refractivity contribution in [2.75, 3.05) is 25.6 Å². The molecule has 0 radical (unpaired) electrons. The summed E-state index contributed by atoms with van der Waals surface area (Å²) in [6, 6.07) is 10.8. The minimum atomic E-state index is 0.732. The first kappa shape index (κ1) is 14.7. The molecule has 3 heteroatoms. The van der Waals surface area contributed by atoms with Gasteiger partial charge in [0.05, 0.1) is 6.61 Å². The molecule has 0 aliphatic heterocycles. The minimum absolute atomic E-state index is 0.732. The van der Waals surface area contributed by atoms with Crippen molar-refractivity contribution in [2.45, 2.75) is 38.1 Å². The molecule has 0 N–H and O–H groups in total. The largest absolute Gasteiger partial charge is 0.494 e. The number of nitrogens with zero attached hydrogens (tertiary/aromatic N) is 1. The molecule has 0 amide bonds. The zero-order chi connectivity index (χ0) is 13.3. The fraction of sp³-hybridized carbons (Fsp3) is 0.625. The van der Waals surface area contributed by atoms with Crippen molar-refractivity contribution in [3.63, 3.8) is 0 Å². The van der Waals surface area contributed by atoms with Crippen molar-refractivity contribution in [1.29, 1.82) is 0 Å². The Morgan fingerprint density at radius 2 is 1.84 bits per heavy atom. The van der Waals surface area contributed by atoms with Gasteiger partial charge in [0.15, 0.2) is 0 Å². The molecule has 0 saturated heterocycles. The van der Waals surface area contributed by atoms with Crippen molar-refractivity contribution in [3.8, 4) is 5.75 Å². The lowest BCUT2D eigenvalue weighted by Gasteiger charge is -2.27. The molecule has 1 aliphatic carbocycles. The van der Waals surface area contributed by atoms with Crippen molar-refractivity contribution >= 4 is 11.6 Å². The maximum atomic E-state index is 5.91. The van der Waals surface area contributed by atoms with Crippen LogP contribution in [-0.2, 0) is 0 Å². The summed E-state index contributed by atoms with van der Waals surface area (Å²) < 4.78 is 5.74. The second-order valence-electron chi connectivity index (χ2n) is 5.18. The Bertz CT molecular complexity index is 338. The molecule has 1 fully saturated rings. The van der Waals surface area contributed by atoms with E-state index in [9.17, 15) is 0 Å². The highest BCUT2D eigenvalue weighted by molar-refractivity contribution is 6.18. The Kier molecular flexibility index (Phi) is 6.52. The van der Waals surface area contributed by atoms with Crippen molar-refractivity contribution < 1.29 is 4.74 Å². The molecule has 0 unspecified atom stereocenters. The molecule has 0 spiro atoms. The topological polar surface area (TPSA) is 12.5 Å². The number of para-hydroxylation sites is 1. The van der Waals surface area contributed by atoms with E-state index in [-0.39, 0.29) is 0 Å². The van der Waals surface area contributed by atoms with Gasteiger partial charge in [-0.05, 0) is 31.4 Å². The molecular formula is C16H24ClNO. The molecule has 1 aliphatic rings. The van der Waals surface area contributed by atoms with Crippen LogP contribution >= 0.6 is 11.6 Å². The molecular weight excluding hydrogens is 258 g/mol. The summed E-state index contributed by atoms with van der Waals surface area (Å²) in [6.45, 7) is 2.90. The molecule has 19 heavy (non-hydrogen) atoms. The summed E-state index contributed by atoms with van der Waals surface area (Å²) in [5.41, 5.74) is 0. The van der Waals surface area contributed by atoms with Gasteiger partial charge >= 0.3 is 0 Å². The summed E-state index contributed by atoms with van der Waals surface area (Å²) in [5, 5.41) is 0. The Hall–Kier alpha value is -0.730. The van der Waals surface area contributed by atoms with E-state index < -0.39 is 0 Å². The lowest BCUT2D eigenvalue weighted by molar-refractivity contribution is 0.189. The van der Waals surface area contributed by atoms with Gasteiger partial charge in [0.25, 0.3) is 0 Å². The van der Waals surface area contributed by atoms with Gasteiger partial charge in [-0.2, -0.15) is 0 Å². The number of rotatable bonds is 8. The van der Waals surface area contributed by atoms with Gasteiger partial charge in [0.2, 0.25) is 0 Å². The van der Waals surface area contributed by atoms with Gasteiger partial charge in [-0.1, -0.05) is 31.0 Å². The second kappa shape index (κ2) is 8.44. The number of hydrogen-bond acceptors (Lipinski definition) is 2. The number of hydrogen-bond donors (Lipinski definition) is 0. The number of alkyl halides is 1. The maximum absolute atomic E-state index is 5.91. The van der Waals surface area contributed by atoms with E-state index in [1.165, 1.54) is 25.7 Å². The average molecular weight is 282 g/mol. The quantitative estimate of drug-likeness (QED) is 0.529. The molecule has 0 aromatic heterocycles. The molecule has 1 aromatic rings. The fourth-order valence-electron chi connectivity index (χ4n) is 2.83. The summed E-state index contributed by atoms with van der Waals surface area (Å²) >= 11 is 5.91. The second-order valence-corrected chi connectivity index (χ2v) is 5.56. The van der Waals surface area contributed by atoms with Crippen molar-refractivity contribution in [3.05, 3.63) is 30.3 Å². The molecule has 106 valence electrons. The first-order valence-electron chi connectivity index (χ1n) is 7.38. The SMILES string of the molecule is ClCCN(CCCOc1ccccc1)C1CCCC1.